The summed E-state index contributed by atoms with van der Waals surface area (Å²) in [6.45, 7) is 0. The molecule has 0 radical (unpaired) electrons. The van der Waals surface area contributed by atoms with Crippen LogP contribution in [0.25, 0.3) is 44.4 Å². The number of fused-ring (bicyclic) bond motifs is 6. The number of benzene rings is 6. The summed E-state index contributed by atoms with van der Waals surface area (Å²) in [6.07, 6.45) is 6.68. The summed E-state index contributed by atoms with van der Waals surface area (Å²) in [4.78, 5) is 0. The van der Waals surface area contributed by atoms with Gasteiger partial charge in [-0.15, -0.1) is 0 Å². The largest absolute Gasteiger partial charge is 0.468 e. The Labute approximate surface area is 282 Å². The maximum absolute atomic E-state index is 6.91. The fraction of sp³-hybridized carbons (Fsp3) is 0.116. The van der Waals surface area contributed by atoms with Crippen molar-refractivity contribution in [2.24, 2.45) is 0 Å². The molecule has 234 valence electrons. The Bertz CT molecular complexity index is 2270. The molecule has 1 aliphatic heterocycles. The molecule has 0 amide bonds. The van der Waals surface area contributed by atoms with Gasteiger partial charge < -0.3 is 12.9 Å². The molecule has 0 saturated heterocycles. The van der Waals surface area contributed by atoms with E-state index in [9.17, 15) is 0 Å². The van der Waals surface area contributed by atoms with E-state index in [0.29, 0.717) is 5.92 Å². The van der Waals surface area contributed by atoms with Crippen LogP contribution >= 0.6 is 16.2 Å². The van der Waals surface area contributed by atoms with Gasteiger partial charge >= 0.3 is 0 Å². The molecule has 1 fully saturated rings. The predicted molar refractivity (Wildman–Crippen MR) is 201 cm³/mol. The lowest BCUT2D eigenvalue weighted by molar-refractivity contribution is 0.625. The lowest BCUT2D eigenvalue weighted by Gasteiger charge is -2.21. The summed E-state index contributed by atoms with van der Waals surface area (Å²) in [7, 11) is -2.32. The van der Waals surface area contributed by atoms with Gasteiger partial charge in [0.05, 0.1) is 5.30 Å². The minimum atomic E-state index is -1.39. The zero-order valence-corrected chi connectivity index (χ0v) is 28.2. The Morgan fingerprint density at radius 1 is 0.583 bits per heavy atom. The van der Waals surface area contributed by atoms with Crippen molar-refractivity contribution in [3.8, 4) is 22.2 Å². The van der Waals surface area contributed by atoms with Gasteiger partial charge in [0.2, 0.25) is 0 Å². The van der Waals surface area contributed by atoms with E-state index in [4.69, 9.17) is 12.9 Å². The molecular weight excluding hydrogens is 626 g/mol. The molecule has 5 heteroatoms. The lowest BCUT2D eigenvalue weighted by Crippen LogP contribution is -2.10. The molecular formula is C43H34O3P2. The first-order chi connectivity index (χ1) is 23.8. The highest BCUT2D eigenvalue weighted by molar-refractivity contribution is 7.60. The van der Waals surface area contributed by atoms with Gasteiger partial charge in [-0.25, -0.2) is 0 Å². The van der Waals surface area contributed by atoms with Crippen LogP contribution in [0.2, 0.25) is 0 Å². The average molecular weight is 661 g/mol. The van der Waals surface area contributed by atoms with Gasteiger partial charge in [-0.1, -0.05) is 133 Å². The van der Waals surface area contributed by atoms with E-state index in [0.717, 1.165) is 58.4 Å². The first-order valence-electron chi connectivity index (χ1n) is 16.7. The minimum absolute atomic E-state index is 0.293. The number of para-hydroxylation sites is 3. The Hall–Kier alpha value is -4.81. The summed E-state index contributed by atoms with van der Waals surface area (Å²) in [5, 5.41) is 4.58. The van der Waals surface area contributed by atoms with Crippen LogP contribution in [-0.4, -0.2) is 0 Å². The zero-order valence-electron chi connectivity index (χ0n) is 26.5. The van der Waals surface area contributed by atoms with Gasteiger partial charge in [0, 0.05) is 33.7 Å². The van der Waals surface area contributed by atoms with Crippen molar-refractivity contribution in [2.75, 3.05) is 0 Å². The second kappa shape index (κ2) is 12.7. The van der Waals surface area contributed by atoms with Crippen LogP contribution < -0.4 is 9.83 Å². The summed E-state index contributed by atoms with van der Waals surface area (Å²) < 4.78 is 20.4. The standard InChI is InChI=1S/C43H34O3P2/c1-3-17-34-32(15-1)29-47(44-39-23-8-4-18-35(34)39)42-26-11-2-14-31(42)28-30-16-13-22-33(30)38-21-7-12-27-43(38)48-45-40-24-9-5-19-36(40)37-20-6-10-25-41(37)46-48/h1-12,14-15,17-21,23-28,33H,13,16,22,29H2/b30-28+/t33-,47?/m1/s1. The Morgan fingerprint density at radius 2 is 1.21 bits per heavy atom. The van der Waals surface area contributed by atoms with E-state index in [2.05, 4.69) is 140 Å². The van der Waals surface area contributed by atoms with Crippen molar-refractivity contribution in [2.45, 2.75) is 31.3 Å². The smallest absolute Gasteiger partial charge is 0.253 e. The van der Waals surface area contributed by atoms with Crippen LogP contribution in [0.15, 0.2) is 160 Å². The molecule has 2 heterocycles. The second-order valence-electron chi connectivity index (χ2n) is 12.5. The fourth-order valence-electron chi connectivity index (χ4n) is 7.35. The first-order valence-corrected chi connectivity index (χ1v) is 19.3. The molecule has 9 rings (SSSR count). The van der Waals surface area contributed by atoms with E-state index in [1.54, 1.807) is 0 Å². The highest BCUT2D eigenvalue weighted by Crippen LogP contribution is 2.52. The van der Waals surface area contributed by atoms with Gasteiger partial charge in [-0.3, -0.25) is 0 Å². The molecule has 2 atom stereocenters. The monoisotopic (exact) mass is 660 g/mol. The highest BCUT2D eigenvalue weighted by atomic mass is 31.1. The third-order valence-electron chi connectivity index (χ3n) is 9.60. The normalized spacial score (nSPS) is 17.9. The first kappa shape index (κ1) is 29.3. The second-order valence-corrected chi connectivity index (χ2v) is 15.6. The van der Waals surface area contributed by atoms with Gasteiger partial charge in [0.1, 0.15) is 25.1 Å². The molecule has 48 heavy (non-hydrogen) atoms. The maximum atomic E-state index is 6.91. The molecule has 1 unspecified atom stereocenters. The Balaban J connectivity index is 1.13. The molecule has 6 aromatic carbocycles. The molecule has 3 nitrogen and oxygen atoms in total. The fourth-order valence-corrected chi connectivity index (χ4v) is 10.9. The van der Waals surface area contributed by atoms with Crippen molar-refractivity contribution >= 4 is 49.5 Å². The van der Waals surface area contributed by atoms with Crippen LogP contribution in [0.3, 0.4) is 0 Å². The van der Waals surface area contributed by atoms with Crippen molar-refractivity contribution in [3.63, 3.8) is 0 Å². The number of hydrogen-bond acceptors (Lipinski definition) is 3. The number of hydrogen-bond donors (Lipinski definition) is 0. The van der Waals surface area contributed by atoms with Crippen molar-refractivity contribution in [1.29, 1.82) is 0 Å². The number of allylic oxidation sites excluding steroid dienone is 1. The van der Waals surface area contributed by atoms with Crippen LogP contribution in [-0.2, 0) is 6.16 Å². The molecule has 1 saturated carbocycles. The molecule has 2 aliphatic rings. The average Bonchev–Trinajstić information content (AvgIpc) is 3.44. The van der Waals surface area contributed by atoms with Crippen LogP contribution in [0.4, 0.5) is 0 Å². The third-order valence-corrected chi connectivity index (χ3v) is 13.1. The topological polar surface area (TPSA) is 35.5 Å². The highest BCUT2D eigenvalue weighted by Gasteiger charge is 2.29. The molecule has 0 bridgehead atoms. The zero-order chi connectivity index (χ0) is 31.9. The molecule has 7 aromatic rings. The summed E-state index contributed by atoms with van der Waals surface area (Å²) >= 11 is 0. The minimum Gasteiger partial charge on any atom is -0.468 e. The van der Waals surface area contributed by atoms with Gasteiger partial charge in [0.25, 0.3) is 8.01 Å². The quantitative estimate of drug-likeness (QED) is 0.176. The SMILES string of the molecule is C(=C1/CCC[C@H]1c1ccccc1-p1oc2ccccc2c2ccccc2o1)/c1ccccc1P1Cc2ccccc2-c2ccccc2O1. The van der Waals surface area contributed by atoms with Crippen molar-refractivity contribution in [1.82, 2.24) is 0 Å². The van der Waals surface area contributed by atoms with Gasteiger partial charge in [-0.2, -0.15) is 0 Å². The van der Waals surface area contributed by atoms with Crippen molar-refractivity contribution in [3.05, 3.63) is 168 Å². The van der Waals surface area contributed by atoms with E-state index < -0.39 is 16.2 Å². The van der Waals surface area contributed by atoms with Gasteiger partial charge in [0.15, 0.2) is 0 Å². The van der Waals surface area contributed by atoms with E-state index in [1.807, 2.05) is 12.1 Å². The summed E-state index contributed by atoms with van der Waals surface area (Å²) in [5.74, 6) is 1.26. The van der Waals surface area contributed by atoms with Crippen LogP contribution in [0.1, 0.15) is 41.9 Å². The van der Waals surface area contributed by atoms with Gasteiger partial charge in [-0.05, 0) is 65.8 Å². The van der Waals surface area contributed by atoms with Crippen LogP contribution in [0.5, 0.6) is 5.75 Å². The number of rotatable bonds is 4. The summed E-state index contributed by atoms with van der Waals surface area (Å²) in [6, 6.07) is 51.5. The maximum Gasteiger partial charge on any atom is 0.253 e. The van der Waals surface area contributed by atoms with Crippen molar-refractivity contribution < 1.29 is 12.9 Å². The molecule has 1 aromatic heterocycles. The molecule has 0 N–H and O–H groups in total. The third kappa shape index (κ3) is 5.38. The Kier molecular flexibility index (Phi) is 7.74. The summed E-state index contributed by atoms with van der Waals surface area (Å²) in [5.41, 5.74) is 9.56. The predicted octanol–water partition coefficient (Wildman–Crippen LogP) is 12.9. The van der Waals surface area contributed by atoms with E-state index in [1.165, 1.54) is 38.7 Å². The molecule has 0 spiro atoms. The van der Waals surface area contributed by atoms with E-state index >= 15 is 0 Å². The lowest BCUT2D eigenvalue weighted by atomic mass is 9.92. The van der Waals surface area contributed by atoms with E-state index in [-0.39, 0.29) is 0 Å². The Morgan fingerprint density at radius 3 is 2.02 bits per heavy atom. The molecule has 1 aliphatic carbocycles. The van der Waals surface area contributed by atoms with Crippen LogP contribution in [0, 0.1) is 0 Å².